The van der Waals surface area contributed by atoms with Crippen molar-refractivity contribution in [1.29, 1.82) is 0 Å². The first kappa shape index (κ1) is 16.3. The monoisotopic (exact) mass is 307 g/mol. The highest BCUT2D eigenvalue weighted by Gasteiger charge is 2.26. The molecule has 0 atom stereocenters. The predicted octanol–water partition coefficient (Wildman–Crippen LogP) is 1.76. The highest BCUT2D eigenvalue weighted by Crippen LogP contribution is 2.16. The van der Waals surface area contributed by atoms with Gasteiger partial charge in [0.25, 0.3) is 0 Å². The molecule has 1 heterocycles. The largest absolute Gasteiger partial charge is 0.351 e. The van der Waals surface area contributed by atoms with Crippen LogP contribution in [0.5, 0.6) is 0 Å². The summed E-state index contributed by atoms with van der Waals surface area (Å²) in [5.41, 5.74) is 6.22. The normalized spacial score (nSPS) is 15.6. The molecule has 2 N–H and O–H groups in total. The highest BCUT2D eigenvalue weighted by atomic mass is 19.1. The molecule has 0 radical (unpaired) electrons. The van der Waals surface area contributed by atoms with E-state index in [4.69, 9.17) is 5.73 Å². The molecule has 1 aliphatic rings. The number of nitrogens with two attached hydrogens (primary N) is 1. The summed E-state index contributed by atoms with van der Waals surface area (Å²) < 4.78 is 12.8. The first-order valence-electron chi connectivity index (χ1n) is 7.52. The van der Waals surface area contributed by atoms with Crippen molar-refractivity contribution in [3.05, 3.63) is 35.6 Å². The van der Waals surface area contributed by atoms with Crippen LogP contribution in [0.15, 0.2) is 24.3 Å². The molecule has 2 rings (SSSR count). The topological polar surface area (TPSA) is 66.6 Å². The highest BCUT2D eigenvalue weighted by molar-refractivity contribution is 5.76. The molecule has 0 saturated carbocycles. The maximum atomic E-state index is 12.8. The van der Waals surface area contributed by atoms with Crippen molar-refractivity contribution >= 4 is 11.9 Å². The zero-order valence-corrected chi connectivity index (χ0v) is 12.8. The number of hydrogen-bond donors (Lipinski definition) is 1. The number of carbonyl (C=O) groups is 2. The second-order valence-electron chi connectivity index (χ2n) is 5.69. The van der Waals surface area contributed by atoms with Gasteiger partial charge in [-0.3, -0.25) is 4.79 Å². The Bertz CT molecular complexity index is 525. The van der Waals surface area contributed by atoms with Gasteiger partial charge < -0.3 is 15.5 Å². The van der Waals surface area contributed by atoms with Crippen molar-refractivity contribution in [2.24, 2.45) is 5.73 Å². The Morgan fingerprint density at radius 1 is 1.27 bits per heavy atom. The Kier molecular flexibility index (Phi) is 5.35. The van der Waals surface area contributed by atoms with Crippen LogP contribution in [0.1, 0.15) is 24.8 Å². The van der Waals surface area contributed by atoms with Crippen molar-refractivity contribution in [2.75, 3.05) is 20.1 Å². The zero-order valence-electron chi connectivity index (χ0n) is 12.8. The molecule has 3 amide bonds. The van der Waals surface area contributed by atoms with Crippen LogP contribution >= 0.6 is 0 Å². The predicted molar refractivity (Wildman–Crippen MR) is 81.7 cm³/mol. The number of rotatable bonds is 4. The second-order valence-corrected chi connectivity index (χ2v) is 5.69. The molecule has 1 saturated heterocycles. The van der Waals surface area contributed by atoms with Crippen LogP contribution in [-0.4, -0.2) is 47.9 Å². The number of primary amides is 1. The van der Waals surface area contributed by atoms with Gasteiger partial charge in [-0.2, -0.15) is 0 Å². The van der Waals surface area contributed by atoms with Gasteiger partial charge >= 0.3 is 6.03 Å². The minimum absolute atomic E-state index is 0.101. The van der Waals surface area contributed by atoms with Gasteiger partial charge in [0, 0.05) is 32.6 Å². The molecule has 0 bridgehead atoms. The van der Waals surface area contributed by atoms with Crippen molar-refractivity contribution in [3.8, 4) is 0 Å². The van der Waals surface area contributed by atoms with Gasteiger partial charge in [-0.25, -0.2) is 9.18 Å². The van der Waals surface area contributed by atoms with E-state index in [0.717, 1.165) is 18.4 Å². The fourth-order valence-electron chi connectivity index (χ4n) is 2.74. The Morgan fingerprint density at radius 3 is 2.41 bits per heavy atom. The maximum Gasteiger partial charge on any atom is 0.314 e. The third-order valence-electron chi connectivity index (χ3n) is 4.25. The van der Waals surface area contributed by atoms with E-state index < -0.39 is 6.03 Å². The molecular formula is C16H22FN3O2. The molecule has 0 aromatic heterocycles. The average Bonchev–Trinajstić information content (AvgIpc) is 2.53. The van der Waals surface area contributed by atoms with E-state index in [9.17, 15) is 14.0 Å². The number of halogens is 1. The summed E-state index contributed by atoms with van der Waals surface area (Å²) in [7, 11) is 1.69. The first-order chi connectivity index (χ1) is 10.5. The van der Waals surface area contributed by atoms with E-state index in [2.05, 4.69) is 0 Å². The van der Waals surface area contributed by atoms with E-state index in [-0.39, 0.29) is 17.8 Å². The van der Waals surface area contributed by atoms with E-state index in [1.54, 1.807) is 24.1 Å². The number of piperidine rings is 1. The Labute approximate surface area is 129 Å². The number of nitrogens with zero attached hydrogens (tertiary/aromatic N) is 2. The van der Waals surface area contributed by atoms with Gasteiger partial charge in [-0.15, -0.1) is 0 Å². The minimum Gasteiger partial charge on any atom is -0.351 e. The van der Waals surface area contributed by atoms with Crippen LogP contribution in [0.25, 0.3) is 0 Å². The summed E-state index contributed by atoms with van der Waals surface area (Å²) in [6.45, 7) is 1.29. The summed E-state index contributed by atoms with van der Waals surface area (Å²) in [5.74, 6) is -0.166. The molecular weight excluding hydrogens is 285 g/mol. The quantitative estimate of drug-likeness (QED) is 0.921. The summed E-state index contributed by atoms with van der Waals surface area (Å²) in [6.07, 6.45) is 2.53. The number of urea groups is 1. The van der Waals surface area contributed by atoms with Gasteiger partial charge in [0.15, 0.2) is 0 Å². The van der Waals surface area contributed by atoms with Crippen molar-refractivity contribution < 1.29 is 14.0 Å². The van der Waals surface area contributed by atoms with Crippen LogP contribution in [0.3, 0.4) is 0 Å². The number of hydrogen-bond acceptors (Lipinski definition) is 2. The van der Waals surface area contributed by atoms with Gasteiger partial charge in [-0.05, 0) is 37.0 Å². The second kappa shape index (κ2) is 7.24. The van der Waals surface area contributed by atoms with Gasteiger partial charge in [-0.1, -0.05) is 12.1 Å². The Balaban J connectivity index is 1.77. The maximum absolute atomic E-state index is 12.8. The lowest BCUT2D eigenvalue weighted by Gasteiger charge is -2.36. The number of carbonyl (C=O) groups excluding carboxylic acids is 2. The molecule has 5 nitrogen and oxygen atoms in total. The summed E-state index contributed by atoms with van der Waals surface area (Å²) in [6, 6.07) is 5.91. The molecule has 1 fully saturated rings. The van der Waals surface area contributed by atoms with Gasteiger partial charge in [0.2, 0.25) is 5.91 Å². The molecule has 0 aliphatic carbocycles. The van der Waals surface area contributed by atoms with Crippen LogP contribution in [0, 0.1) is 5.82 Å². The smallest absolute Gasteiger partial charge is 0.314 e. The summed E-state index contributed by atoms with van der Waals surface area (Å²) in [4.78, 5) is 26.7. The molecule has 1 aromatic rings. The lowest BCUT2D eigenvalue weighted by molar-refractivity contribution is -0.132. The van der Waals surface area contributed by atoms with E-state index >= 15 is 0 Å². The van der Waals surface area contributed by atoms with E-state index in [1.165, 1.54) is 12.1 Å². The number of aryl methyl sites for hydroxylation is 1. The summed E-state index contributed by atoms with van der Waals surface area (Å²) >= 11 is 0. The fourth-order valence-corrected chi connectivity index (χ4v) is 2.74. The average molecular weight is 307 g/mol. The molecule has 22 heavy (non-hydrogen) atoms. The molecule has 1 aromatic carbocycles. The third-order valence-corrected chi connectivity index (χ3v) is 4.25. The lowest BCUT2D eigenvalue weighted by Crippen LogP contribution is -2.48. The zero-order chi connectivity index (χ0) is 16.1. The van der Waals surface area contributed by atoms with Gasteiger partial charge in [0.05, 0.1) is 0 Å². The number of benzene rings is 1. The molecule has 120 valence electrons. The number of likely N-dealkylation sites (tertiary alicyclic amines) is 1. The molecule has 1 aliphatic heterocycles. The summed E-state index contributed by atoms with van der Waals surface area (Å²) in [5, 5.41) is 0. The van der Waals surface area contributed by atoms with Gasteiger partial charge in [0.1, 0.15) is 5.82 Å². The van der Waals surface area contributed by atoms with Crippen molar-refractivity contribution in [1.82, 2.24) is 9.80 Å². The van der Waals surface area contributed by atoms with Crippen LogP contribution in [0.2, 0.25) is 0 Å². The van der Waals surface area contributed by atoms with Crippen LogP contribution in [0.4, 0.5) is 9.18 Å². The molecule has 6 heteroatoms. The van der Waals surface area contributed by atoms with E-state index in [0.29, 0.717) is 25.9 Å². The number of amides is 3. The van der Waals surface area contributed by atoms with E-state index in [1.807, 2.05) is 4.90 Å². The van der Waals surface area contributed by atoms with Crippen LogP contribution < -0.4 is 5.73 Å². The van der Waals surface area contributed by atoms with Crippen LogP contribution in [-0.2, 0) is 11.2 Å². The Hall–Kier alpha value is -2.11. The molecule has 0 unspecified atom stereocenters. The first-order valence-corrected chi connectivity index (χ1v) is 7.52. The fraction of sp³-hybridized carbons (Fsp3) is 0.500. The standard InChI is InChI=1S/C16H22FN3O2/c1-19(16(18)22)14-8-10-20(11-9-14)15(21)7-4-12-2-5-13(17)6-3-12/h2-3,5-6,14H,4,7-11H2,1H3,(H2,18,22). The van der Waals surface area contributed by atoms with Crippen molar-refractivity contribution in [2.45, 2.75) is 31.7 Å². The lowest BCUT2D eigenvalue weighted by atomic mass is 10.0. The Morgan fingerprint density at radius 2 is 1.86 bits per heavy atom. The SMILES string of the molecule is CN(C(N)=O)C1CCN(C(=O)CCc2ccc(F)cc2)CC1. The van der Waals surface area contributed by atoms with Crippen molar-refractivity contribution in [3.63, 3.8) is 0 Å². The molecule has 0 spiro atoms. The third kappa shape index (κ3) is 4.19. The minimum atomic E-state index is -0.430.